The van der Waals surface area contributed by atoms with Crippen molar-refractivity contribution < 1.29 is 0 Å². The normalized spacial score (nSPS) is 15.3. The quantitative estimate of drug-likeness (QED) is 0.916. The van der Waals surface area contributed by atoms with Gasteiger partial charge in [-0.15, -0.1) is 0 Å². The van der Waals surface area contributed by atoms with Gasteiger partial charge in [0.2, 0.25) is 0 Å². The molecule has 114 valence electrons. The van der Waals surface area contributed by atoms with Gasteiger partial charge in [0.15, 0.2) is 0 Å². The van der Waals surface area contributed by atoms with Crippen LogP contribution in [0.5, 0.6) is 0 Å². The Morgan fingerprint density at radius 3 is 2.57 bits per heavy atom. The van der Waals surface area contributed by atoms with E-state index in [9.17, 15) is 0 Å². The third-order valence-corrected chi connectivity index (χ3v) is 3.95. The van der Waals surface area contributed by atoms with Crippen LogP contribution in [-0.2, 0) is 6.54 Å². The van der Waals surface area contributed by atoms with E-state index in [2.05, 4.69) is 41.8 Å². The van der Waals surface area contributed by atoms with Crippen molar-refractivity contribution in [2.45, 2.75) is 59.0 Å². The monoisotopic (exact) mass is 287 g/mol. The summed E-state index contributed by atoms with van der Waals surface area (Å²) in [7, 11) is 0. The molecule has 3 rings (SSSR count). The lowest BCUT2D eigenvalue weighted by molar-refractivity contribution is 0.502. The van der Waals surface area contributed by atoms with Gasteiger partial charge in [0.1, 0.15) is 17.3 Å². The maximum Gasteiger partial charge on any atom is 0.133 e. The molecule has 2 aromatic rings. The molecule has 0 aliphatic heterocycles. The summed E-state index contributed by atoms with van der Waals surface area (Å²) in [4.78, 5) is 9.16. The van der Waals surface area contributed by atoms with Crippen molar-refractivity contribution in [3.05, 3.63) is 18.3 Å². The molecule has 0 atom stereocenters. The summed E-state index contributed by atoms with van der Waals surface area (Å²) in [6, 6.07) is 0.583. The summed E-state index contributed by atoms with van der Waals surface area (Å²) in [5, 5.41) is 0. The Morgan fingerprint density at radius 1 is 1.29 bits per heavy atom. The van der Waals surface area contributed by atoms with Gasteiger partial charge < -0.3 is 14.9 Å². The molecule has 1 fully saturated rings. The lowest BCUT2D eigenvalue weighted by atomic mass is 10.2. The summed E-state index contributed by atoms with van der Waals surface area (Å²) < 4.78 is 4.40. The Morgan fingerprint density at radius 2 is 2.00 bits per heavy atom. The van der Waals surface area contributed by atoms with Crippen LogP contribution in [0.4, 0.5) is 5.82 Å². The second-order valence-corrected chi connectivity index (χ2v) is 6.78. The molecular weight excluding hydrogens is 262 g/mol. The van der Waals surface area contributed by atoms with Crippen LogP contribution < -0.4 is 5.73 Å². The standard InChI is InChI=1S/C16H25N5/c1-10(2)8-20-15(17)14(19-16(20)11(3)4)13-7-18-9-21(13)12-5-6-12/h7,9-12H,5-6,8,17H2,1-4H3. The smallest absolute Gasteiger partial charge is 0.133 e. The first kappa shape index (κ1) is 14.2. The molecule has 2 N–H and O–H groups in total. The number of nitrogens with two attached hydrogens (primary N) is 1. The van der Waals surface area contributed by atoms with Crippen molar-refractivity contribution >= 4 is 5.82 Å². The number of rotatable bonds is 5. The number of hydrogen-bond acceptors (Lipinski definition) is 3. The number of anilines is 1. The first-order valence-electron chi connectivity index (χ1n) is 7.87. The fraction of sp³-hybridized carbons (Fsp3) is 0.625. The van der Waals surface area contributed by atoms with E-state index in [0.29, 0.717) is 17.9 Å². The second-order valence-electron chi connectivity index (χ2n) is 6.78. The van der Waals surface area contributed by atoms with Crippen LogP contribution in [0.2, 0.25) is 0 Å². The second kappa shape index (κ2) is 5.20. The van der Waals surface area contributed by atoms with Crippen molar-refractivity contribution in [1.29, 1.82) is 0 Å². The molecule has 0 radical (unpaired) electrons. The molecule has 5 heteroatoms. The Hall–Kier alpha value is -1.78. The molecule has 0 saturated heterocycles. The molecule has 0 unspecified atom stereocenters. The fourth-order valence-corrected chi connectivity index (χ4v) is 2.80. The van der Waals surface area contributed by atoms with Crippen LogP contribution in [0.25, 0.3) is 11.4 Å². The number of hydrogen-bond donors (Lipinski definition) is 1. The number of aromatic nitrogens is 4. The summed E-state index contributed by atoms with van der Waals surface area (Å²) in [6.45, 7) is 9.65. The van der Waals surface area contributed by atoms with E-state index in [4.69, 9.17) is 10.7 Å². The first-order chi connectivity index (χ1) is 9.99. The van der Waals surface area contributed by atoms with Crippen LogP contribution in [0, 0.1) is 5.92 Å². The van der Waals surface area contributed by atoms with Crippen LogP contribution in [0.15, 0.2) is 12.5 Å². The molecular formula is C16H25N5. The maximum atomic E-state index is 6.43. The highest BCUT2D eigenvalue weighted by atomic mass is 15.2. The predicted octanol–water partition coefficient (Wildman–Crippen LogP) is 3.44. The largest absolute Gasteiger partial charge is 0.383 e. The summed E-state index contributed by atoms with van der Waals surface area (Å²) >= 11 is 0. The van der Waals surface area contributed by atoms with Gasteiger partial charge in [0.25, 0.3) is 0 Å². The average Bonchev–Trinajstić information content (AvgIpc) is 3.06. The SMILES string of the molecule is CC(C)Cn1c(C(C)C)nc(-c2cncn2C2CC2)c1N. The molecule has 0 spiro atoms. The zero-order valence-corrected chi connectivity index (χ0v) is 13.4. The van der Waals surface area contributed by atoms with Crippen molar-refractivity contribution in [1.82, 2.24) is 19.1 Å². The molecule has 1 aliphatic carbocycles. The number of nitrogen functional groups attached to an aromatic ring is 1. The highest BCUT2D eigenvalue weighted by molar-refractivity contribution is 5.68. The Bertz CT molecular complexity index is 631. The minimum absolute atomic E-state index is 0.358. The Kier molecular flexibility index (Phi) is 3.51. The van der Waals surface area contributed by atoms with Gasteiger partial charge in [0, 0.05) is 18.5 Å². The number of imidazole rings is 2. The third-order valence-electron chi connectivity index (χ3n) is 3.95. The van der Waals surface area contributed by atoms with Gasteiger partial charge in [-0.05, 0) is 18.8 Å². The molecule has 2 heterocycles. The third kappa shape index (κ3) is 2.57. The molecule has 0 aromatic carbocycles. The molecule has 0 bridgehead atoms. The van der Waals surface area contributed by atoms with Gasteiger partial charge in [-0.2, -0.15) is 0 Å². The fourth-order valence-electron chi connectivity index (χ4n) is 2.80. The summed E-state index contributed by atoms with van der Waals surface area (Å²) in [5.74, 6) is 2.74. The first-order valence-corrected chi connectivity index (χ1v) is 7.87. The molecule has 21 heavy (non-hydrogen) atoms. The topological polar surface area (TPSA) is 61.7 Å². The van der Waals surface area contributed by atoms with Crippen molar-refractivity contribution in [3.63, 3.8) is 0 Å². The summed E-state index contributed by atoms with van der Waals surface area (Å²) in [5.41, 5.74) is 8.38. The highest BCUT2D eigenvalue weighted by Crippen LogP contribution is 2.39. The van der Waals surface area contributed by atoms with E-state index < -0.39 is 0 Å². The molecule has 5 nitrogen and oxygen atoms in total. The van der Waals surface area contributed by atoms with E-state index in [-0.39, 0.29) is 0 Å². The highest BCUT2D eigenvalue weighted by Gasteiger charge is 2.28. The van der Waals surface area contributed by atoms with Crippen LogP contribution >= 0.6 is 0 Å². The number of nitrogens with zero attached hydrogens (tertiary/aromatic N) is 4. The zero-order chi connectivity index (χ0) is 15.1. The van der Waals surface area contributed by atoms with Crippen LogP contribution in [0.3, 0.4) is 0 Å². The van der Waals surface area contributed by atoms with E-state index >= 15 is 0 Å². The van der Waals surface area contributed by atoms with Gasteiger partial charge in [-0.25, -0.2) is 9.97 Å². The zero-order valence-electron chi connectivity index (χ0n) is 13.4. The lowest BCUT2D eigenvalue weighted by Crippen LogP contribution is -2.12. The lowest BCUT2D eigenvalue weighted by Gasteiger charge is -2.14. The maximum absolute atomic E-state index is 6.43. The van der Waals surface area contributed by atoms with Gasteiger partial charge in [0.05, 0.1) is 18.2 Å². The van der Waals surface area contributed by atoms with Gasteiger partial charge in [-0.3, -0.25) is 0 Å². The minimum atomic E-state index is 0.358. The van der Waals surface area contributed by atoms with E-state index in [1.807, 2.05) is 12.5 Å². The van der Waals surface area contributed by atoms with E-state index in [1.54, 1.807) is 0 Å². The Balaban J connectivity index is 2.08. The van der Waals surface area contributed by atoms with Gasteiger partial charge >= 0.3 is 0 Å². The molecule has 1 aliphatic rings. The van der Waals surface area contributed by atoms with Crippen LogP contribution in [0.1, 0.15) is 58.3 Å². The molecule has 0 amide bonds. The van der Waals surface area contributed by atoms with Crippen LogP contribution in [-0.4, -0.2) is 19.1 Å². The van der Waals surface area contributed by atoms with Crippen molar-refractivity contribution in [2.75, 3.05) is 5.73 Å². The molecule has 2 aromatic heterocycles. The van der Waals surface area contributed by atoms with Gasteiger partial charge in [-0.1, -0.05) is 27.7 Å². The predicted molar refractivity (Wildman–Crippen MR) is 85.1 cm³/mol. The average molecular weight is 287 g/mol. The van der Waals surface area contributed by atoms with E-state index in [1.165, 1.54) is 12.8 Å². The van der Waals surface area contributed by atoms with E-state index in [0.717, 1.165) is 29.6 Å². The summed E-state index contributed by atoms with van der Waals surface area (Å²) in [6.07, 6.45) is 6.25. The minimum Gasteiger partial charge on any atom is -0.383 e. The van der Waals surface area contributed by atoms with Crippen molar-refractivity contribution in [2.24, 2.45) is 5.92 Å². The Labute approximate surface area is 126 Å². The molecule has 1 saturated carbocycles. The van der Waals surface area contributed by atoms with Crippen molar-refractivity contribution in [3.8, 4) is 11.4 Å².